The Balaban J connectivity index is 1.99. The van der Waals surface area contributed by atoms with Crippen LogP contribution in [-0.2, 0) is 21.3 Å². The van der Waals surface area contributed by atoms with Crippen LogP contribution >= 0.6 is 11.3 Å². The Morgan fingerprint density at radius 2 is 2.27 bits per heavy atom. The summed E-state index contributed by atoms with van der Waals surface area (Å²) >= 11 is 1.44. The quantitative estimate of drug-likeness (QED) is 0.842. The summed E-state index contributed by atoms with van der Waals surface area (Å²) in [6.45, 7) is 2.34. The van der Waals surface area contributed by atoms with Gasteiger partial charge in [-0.25, -0.2) is 4.98 Å². The van der Waals surface area contributed by atoms with Crippen LogP contribution in [0.25, 0.3) is 0 Å². The molecule has 1 N–H and O–H groups in total. The van der Waals surface area contributed by atoms with E-state index in [9.17, 15) is 9.00 Å². The molecular weight excluding hydrogens is 320 g/mol. The van der Waals surface area contributed by atoms with Crippen LogP contribution in [0, 0.1) is 6.92 Å². The fourth-order valence-corrected chi connectivity index (χ4v) is 3.48. The zero-order valence-corrected chi connectivity index (χ0v) is 14.1. The predicted octanol–water partition coefficient (Wildman–Crippen LogP) is 2.60. The molecule has 0 radical (unpaired) electrons. The molecule has 22 heavy (non-hydrogen) atoms. The smallest absolute Gasteiger partial charge is 0.275 e. The van der Waals surface area contributed by atoms with Crippen LogP contribution in [0.15, 0.2) is 29.6 Å². The molecule has 2 aromatic rings. The molecule has 0 saturated carbocycles. The molecule has 0 fully saturated rings. The van der Waals surface area contributed by atoms with Gasteiger partial charge in [0.1, 0.15) is 5.69 Å². The molecule has 5 nitrogen and oxygen atoms in total. The van der Waals surface area contributed by atoms with Crippen molar-refractivity contribution in [1.82, 2.24) is 4.98 Å². The van der Waals surface area contributed by atoms with Crippen molar-refractivity contribution in [3.05, 3.63) is 45.9 Å². The monoisotopic (exact) mass is 338 g/mol. The average molecular weight is 338 g/mol. The molecule has 1 atom stereocenters. The maximum Gasteiger partial charge on any atom is 0.275 e. The molecule has 0 aliphatic carbocycles. The molecule has 0 unspecified atom stereocenters. The van der Waals surface area contributed by atoms with Crippen LogP contribution < -0.4 is 5.32 Å². The molecule has 1 heterocycles. The SMILES string of the molecule is COCC[S@@](=O)Cc1cccc(NC(=O)c2csc(C)n2)c1. The first kappa shape index (κ1) is 16.8. The van der Waals surface area contributed by atoms with E-state index in [0.717, 1.165) is 10.6 Å². The van der Waals surface area contributed by atoms with Gasteiger partial charge in [0.25, 0.3) is 5.91 Å². The van der Waals surface area contributed by atoms with Gasteiger partial charge < -0.3 is 10.1 Å². The molecule has 1 aromatic carbocycles. The molecular formula is C15H18N2O3S2. The lowest BCUT2D eigenvalue weighted by Crippen LogP contribution is -2.12. The molecule has 0 aliphatic heterocycles. The molecule has 0 spiro atoms. The number of methoxy groups -OCH3 is 1. The van der Waals surface area contributed by atoms with Crippen LogP contribution in [0.1, 0.15) is 21.1 Å². The number of nitrogens with zero attached hydrogens (tertiary/aromatic N) is 1. The molecule has 7 heteroatoms. The number of hydrogen-bond donors (Lipinski definition) is 1. The molecule has 0 saturated heterocycles. The maximum atomic E-state index is 12.1. The van der Waals surface area contributed by atoms with E-state index in [4.69, 9.17) is 4.74 Å². The first-order chi connectivity index (χ1) is 10.6. The highest BCUT2D eigenvalue weighted by Crippen LogP contribution is 2.15. The van der Waals surface area contributed by atoms with E-state index in [1.807, 2.05) is 25.1 Å². The lowest BCUT2D eigenvalue weighted by Gasteiger charge is -2.06. The van der Waals surface area contributed by atoms with Gasteiger partial charge >= 0.3 is 0 Å². The normalized spacial score (nSPS) is 12.1. The van der Waals surface area contributed by atoms with Crippen molar-refractivity contribution in [2.24, 2.45) is 0 Å². The van der Waals surface area contributed by atoms with Gasteiger partial charge in [-0.05, 0) is 24.6 Å². The number of nitrogens with one attached hydrogen (secondary N) is 1. The molecule has 118 valence electrons. The van der Waals surface area contributed by atoms with Crippen LogP contribution in [-0.4, -0.2) is 34.6 Å². The number of ether oxygens (including phenoxy) is 1. The van der Waals surface area contributed by atoms with Crippen LogP contribution in [0.3, 0.4) is 0 Å². The van der Waals surface area contributed by atoms with Crippen LogP contribution in [0.2, 0.25) is 0 Å². The Morgan fingerprint density at radius 3 is 2.95 bits per heavy atom. The number of rotatable bonds is 7. The van der Waals surface area contributed by atoms with E-state index in [2.05, 4.69) is 10.3 Å². The third kappa shape index (κ3) is 5.01. The number of carbonyl (C=O) groups excluding carboxylic acids is 1. The summed E-state index contributed by atoms with van der Waals surface area (Å²) < 4.78 is 16.8. The van der Waals surface area contributed by atoms with Gasteiger partial charge in [-0.3, -0.25) is 9.00 Å². The van der Waals surface area contributed by atoms with Crippen molar-refractivity contribution in [2.45, 2.75) is 12.7 Å². The topological polar surface area (TPSA) is 68.3 Å². The Labute approximate surface area is 136 Å². The number of amides is 1. The third-order valence-electron chi connectivity index (χ3n) is 2.88. The van der Waals surface area contributed by atoms with E-state index in [-0.39, 0.29) is 5.91 Å². The van der Waals surface area contributed by atoms with Crippen LogP contribution in [0.4, 0.5) is 5.69 Å². The van der Waals surface area contributed by atoms with Gasteiger partial charge in [0.05, 0.1) is 11.6 Å². The average Bonchev–Trinajstić information content (AvgIpc) is 2.92. The fraction of sp³-hybridized carbons (Fsp3) is 0.333. The minimum Gasteiger partial charge on any atom is -0.384 e. The summed E-state index contributed by atoms with van der Waals surface area (Å²) in [5, 5.41) is 5.39. The highest BCUT2D eigenvalue weighted by Gasteiger charge is 2.10. The number of benzene rings is 1. The number of hydrogen-bond acceptors (Lipinski definition) is 5. The lowest BCUT2D eigenvalue weighted by molar-refractivity contribution is 0.102. The van der Waals surface area contributed by atoms with Gasteiger partial charge in [-0.15, -0.1) is 11.3 Å². The first-order valence-corrected chi connectivity index (χ1v) is 9.11. The summed E-state index contributed by atoms with van der Waals surface area (Å²) in [6, 6.07) is 7.37. The fourth-order valence-electron chi connectivity index (χ4n) is 1.84. The number of aromatic nitrogens is 1. The zero-order chi connectivity index (χ0) is 15.9. The minimum atomic E-state index is -0.973. The van der Waals surface area contributed by atoms with E-state index in [0.29, 0.717) is 29.5 Å². The van der Waals surface area contributed by atoms with Crippen molar-refractivity contribution in [3.63, 3.8) is 0 Å². The van der Waals surface area contributed by atoms with Crippen molar-refractivity contribution < 1.29 is 13.7 Å². The van der Waals surface area contributed by atoms with Crippen molar-refractivity contribution in [1.29, 1.82) is 0 Å². The van der Waals surface area contributed by atoms with E-state index < -0.39 is 10.8 Å². The Bertz CT molecular complexity index is 670. The minimum absolute atomic E-state index is 0.234. The van der Waals surface area contributed by atoms with Crippen LogP contribution in [0.5, 0.6) is 0 Å². The van der Waals surface area contributed by atoms with Gasteiger partial charge in [-0.1, -0.05) is 12.1 Å². The molecule has 1 amide bonds. The molecule has 0 bridgehead atoms. The van der Waals surface area contributed by atoms with Gasteiger partial charge in [-0.2, -0.15) is 0 Å². The number of anilines is 1. The second-order valence-corrected chi connectivity index (χ2v) is 7.33. The summed E-state index contributed by atoms with van der Waals surface area (Å²) in [4.78, 5) is 16.2. The zero-order valence-electron chi connectivity index (χ0n) is 12.5. The molecule has 1 aromatic heterocycles. The third-order valence-corrected chi connectivity index (χ3v) is 4.93. The number of thiazole rings is 1. The molecule has 0 aliphatic rings. The van der Waals surface area contributed by atoms with Gasteiger partial charge in [0, 0.05) is 40.5 Å². The van der Waals surface area contributed by atoms with E-state index in [1.165, 1.54) is 11.3 Å². The van der Waals surface area contributed by atoms with E-state index >= 15 is 0 Å². The second kappa shape index (κ2) is 8.17. The first-order valence-electron chi connectivity index (χ1n) is 6.75. The van der Waals surface area contributed by atoms with Crippen molar-refractivity contribution in [2.75, 3.05) is 24.8 Å². The lowest BCUT2D eigenvalue weighted by atomic mass is 10.2. The standard InChI is InChI=1S/C15H18N2O3S2/c1-11-16-14(9-21-11)15(18)17-13-5-3-4-12(8-13)10-22(19)7-6-20-2/h3-5,8-9H,6-7,10H2,1-2H3,(H,17,18)/t22-/m1/s1. The summed E-state index contributed by atoms with van der Waals surface area (Å²) in [5.74, 6) is 0.718. The Hall–Kier alpha value is -1.57. The predicted molar refractivity (Wildman–Crippen MR) is 89.8 cm³/mol. The van der Waals surface area contributed by atoms with Crippen molar-refractivity contribution in [3.8, 4) is 0 Å². The number of carbonyl (C=O) groups is 1. The maximum absolute atomic E-state index is 12.1. The summed E-state index contributed by atoms with van der Waals surface area (Å²) in [5.41, 5.74) is 2.01. The van der Waals surface area contributed by atoms with E-state index in [1.54, 1.807) is 18.6 Å². The van der Waals surface area contributed by atoms with Gasteiger partial charge in [0.2, 0.25) is 0 Å². The molecule has 2 rings (SSSR count). The highest BCUT2D eigenvalue weighted by molar-refractivity contribution is 7.84. The largest absolute Gasteiger partial charge is 0.384 e. The summed E-state index contributed by atoms with van der Waals surface area (Å²) in [6.07, 6.45) is 0. The van der Waals surface area contributed by atoms with Gasteiger partial charge in [0.15, 0.2) is 0 Å². The van der Waals surface area contributed by atoms with Crippen molar-refractivity contribution >= 4 is 33.7 Å². The highest BCUT2D eigenvalue weighted by atomic mass is 32.2. The Morgan fingerprint density at radius 1 is 1.45 bits per heavy atom. The summed E-state index contributed by atoms with van der Waals surface area (Å²) in [7, 11) is 0.618. The second-order valence-electron chi connectivity index (χ2n) is 4.69. The Kier molecular flexibility index (Phi) is 6.23. The number of aryl methyl sites for hydroxylation is 1.